The average molecular weight is 342 g/mol. The lowest BCUT2D eigenvalue weighted by molar-refractivity contribution is -0.000647. The van der Waals surface area contributed by atoms with E-state index in [4.69, 9.17) is 15.0 Å². The lowest BCUT2D eigenvalue weighted by Gasteiger charge is -2.39. The summed E-state index contributed by atoms with van der Waals surface area (Å²) in [7, 11) is 0. The number of benzene rings is 1. The van der Waals surface area contributed by atoms with Crippen molar-refractivity contribution in [1.29, 1.82) is 0 Å². The van der Waals surface area contributed by atoms with Crippen molar-refractivity contribution in [3.05, 3.63) is 47.1 Å². The summed E-state index contributed by atoms with van der Waals surface area (Å²) in [5.41, 5.74) is 8.50. The van der Waals surface area contributed by atoms with Gasteiger partial charge in [-0.3, -0.25) is 0 Å². The van der Waals surface area contributed by atoms with E-state index in [9.17, 15) is 0 Å². The number of fused-ring (bicyclic) bond motifs is 1. The molecular weight excluding hydrogens is 316 g/mol. The zero-order valence-electron chi connectivity index (χ0n) is 14.9. The highest BCUT2D eigenvalue weighted by Crippen LogP contribution is 2.51. The Kier molecular flexibility index (Phi) is 4.14. The maximum absolute atomic E-state index is 6.04. The van der Waals surface area contributed by atoms with Crippen LogP contribution in [0.3, 0.4) is 0 Å². The molecule has 0 bridgehead atoms. The lowest BCUT2D eigenvalue weighted by Crippen LogP contribution is -2.40. The SMILES string of the molecule is CC(C)(N)c1noc(CNC2c3ccccc3CC23CCOCC3)n1. The van der Waals surface area contributed by atoms with Crippen molar-refractivity contribution in [2.75, 3.05) is 13.2 Å². The molecule has 0 saturated carbocycles. The molecule has 1 saturated heterocycles. The van der Waals surface area contributed by atoms with Crippen molar-refractivity contribution in [1.82, 2.24) is 15.5 Å². The normalized spacial score (nSPS) is 22.3. The smallest absolute Gasteiger partial charge is 0.240 e. The molecule has 25 heavy (non-hydrogen) atoms. The van der Waals surface area contributed by atoms with Crippen LogP contribution in [0.4, 0.5) is 0 Å². The Balaban J connectivity index is 1.55. The summed E-state index contributed by atoms with van der Waals surface area (Å²) in [6.07, 6.45) is 3.25. The van der Waals surface area contributed by atoms with Gasteiger partial charge in [0, 0.05) is 19.3 Å². The van der Waals surface area contributed by atoms with Crippen LogP contribution >= 0.6 is 0 Å². The first-order valence-electron chi connectivity index (χ1n) is 8.99. The second-order valence-corrected chi connectivity index (χ2v) is 7.90. The number of hydrogen-bond donors (Lipinski definition) is 2. The van der Waals surface area contributed by atoms with Crippen LogP contribution in [0.25, 0.3) is 0 Å². The predicted octanol–water partition coefficient (Wildman–Crippen LogP) is 2.45. The van der Waals surface area contributed by atoms with Crippen LogP contribution in [0.5, 0.6) is 0 Å². The van der Waals surface area contributed by atoms with Gasteiger partial charge in [0.1, 0.15) is 0 Å². The number of hydrogen-bond acceptors (Lipinski definition) is 6. The second kappa shape index (κ2) is 6.20. The first-order valence-corrected chi connectivity index (χ1v) is 8.99. The molecule has 6 heteroatoms. The van der Waals surface area contributed by atoms with E-state index in [1.54, 1.807) is 0 Å². The molecule has 0 amide bonds. The van der Waals surface area contributed by atoms with Gasteiger partial charge in [-0.15, -0.1) is 0 Å². The number of aromatic nitrogens is 2. The van der Waals surface area contributed by atoms with Crippen LogP contribution in [0, 0.1) is 5.41 Å². The van der Waals surface area contributed by atoms with Crippen molar-refractivity contribution in [3.8, 4) is 0 Å². The first-order chi connectivity index (χ1) is 12.0. The van der Waals surface area contributed by atoms with Crippen LogP contribution in [0.1, 0.15) is 55.6 Å². The van der Waals surface area contributed by atoms with Gasteiger partial charge in [-0.25, -0.2) is 0 Å². The van der Waals surface area contributed by atoms with Crippen molar-refractivity contribution < 1.29 is 9.26 Å². The zero-order valence-corrected chi connectivity index (χ0v) is 14.9. The second-order valence-electron chi connectivity index (χ2n) is 7.90. The first kappa shape index (κ1) is 16.7. The predicted molar refractivity (Wildman–Crippen MR) is 93.7 cm³/mol. The average Bonchev–Trinajstić information content (AvgIpc) is 3.16. The van der Waals surface area contributed by atoms with Crippen molar-refractivity contribution in [2.24, 2.45) is 11.1 Å². The molecule has 0 radical (unpaired) electrons. The van der Waals surface area contributed by atoms with E-state index < -0.39 is 5.54 Å². The molecule has 2 heterocycles. The summed E-state index contributed by atoms with van der Waals surface area (Å²) in [4.78, 5) is 4.44. The number of nitrogens with one attached hydrogen (secondary N) is 1. The summed E-state index contributed by atoms with van der Waals surface area (Å²) >= 11 is 0. The highest BCUT2D eigenvalue weighted by Gasteiger charge is 2.46. The Morgan fingerprint density at radius 2 is 2.04 bits per heavy atom. The van der Waals surface area contributed by atoms with Crippen LogP contribution in [-0.2, 0) is 23.2 Å². The summed E-state index contributed by atoms with van der Waals surface area (Å²) in [6, 6.07) is 9.01. The molecule has 2 aromatic rings. The molecule has 1 aromatic heterocycles. The quantitative estimate of drug-likeness (QED) is 0.887. The van der Waals surface area contributed by atoms with E-state index >= 15 is 0 Å². The molecule has 1 aromatic carbocycles. The number of rotatable bonds is 4. The van der Waals surface area contributed by atoms with Crippen LogP contribution in [0.15, 0.2) is 28.8 Å². The van der Waals surface area contributed by atoms with Gasteiger partial charge in [0.2, 0.25) is 5.89 Å². The van der Waals surface area contributed by atoms with Gasteiger partial charge in [0.25, 0.3) is 0 Å². The minimum Gasteiger partial charge on any atom is -0.381 e. The number of nitrogens with zero attached hydrogens (tertiary/aromatic N) is 2. The van der Waals surface area contributed by atoms with Gasteiger partial charge in [0.15, 0.2) is 5.82 Å². The molecule has 134 valence electrons. The highest BCUT2D eigenvalue weighted by molar-refractivity contribution is 5.38. The largest absolute Gasteiger partial charge is 0.381 e. The minimum atomic E-state index is -0.594. The van der Waals surface area contributed by atoms with E-state index in [0.717, 1.165) is 32.5 Å². The third-order valence-electron chi connectivity index (χ3n) is 5.51. The Hall–Kier alpha value is -1.76. The Labute approximate surface area is 148 Å². The molecule has 6 nitrogen and oxygen atoms in total. The van der Waals surface area contributed by atoms with E-state index in [1.165, 1.54) is 11.1 Å². The summed E-state index contributed by atoms with van der Waals surface area (Å²) in [5.74, 6) is 1.12. The third kappa shape index (κ3) is 3.10. The Bertz CT molecular complexity index is 744. The fourth-order valence-corrected chi connectivity index (χ4v) is 4.14. The number of ether oxygens (including phenoxy) is 1. The maximum Gasteiger partial charge on any atom is 0.240 e. The number of nitrogens with two attached hydrogens (primary N) is 1. The van der Waals surface area contributed by atoms with E-state index in [2.05, 4.69) is 39.7 Å². The molecule has 4 rings (SSSR count). The van der Waals surface area contributed by atoms with Crippen molar-refractivity contribution >= 4 is 0 Å². The third-order valence-corrected chi connectivity index (χ3v) is 5.51. The van der Waals surface area contributed by atoms with Gasteiger partial charge in [-0.1, -0.05) is 29.4 Å². The summed E-state index contributed by atoms with van der Waals surface area (Å²) in [5, 5.41) is 7.70. The monoisotopic (exact) mass is 342 g/mol. The molecule has 1 unspecified atom stereocenters. The molecule has 1 fully saturated rings. The summed E-state index contributed by atoms with van der Waals surface area (Å²) in [6.45, 7) is 5.96. The highest BCUT2D eigenvalue weighted by atomic mass is 16.5. The standard InChI is InChI=1S/C19H26N4O2/c1-18(2,20)17-22-15(25-23-17)12-21-16-14-6-4-3-5-13(14)11-19(16)7-9-24-10-8-19/h3-6,16,21H,7-12,20H2,1-2H3. The van der Waals surface area contributed by atoms with E-state index in [-0.39, 0.29) is 11.5 Å². The molecular formula is C19H26N4O2. The topological polar surface area (TPSA) is 86.2 Å². The van der Waals surface area contributed by atoms with Crippen LogP contribution < -0.4 is 11.1 Å². The fourth-order valence-electron chi connectivity index (χ4n) is 4.14. The van der Waals surface area contributed by atoms with Gasteiger partial charge < -0.3 is 20.3 Å². The molecule has 1 aliphatic heterocycles. The maximum atomic E-state index is 6.04. The zero-order chi connectivity index (χ0) is 17.5. The lowest BCUT2D eigenvalue weighted by atomic mass is 9.74. The Morgan fingerprint density at radius 3 is 2.76 bits per heavy atom. The Morgan fingerprint density at radius 1 is 1.28 bits per heavy atom. The molecule has 1 spiro atoms. The minimum absolute atomic E-state index is 0.220. The van der Waals surface area contributed by atoms with Gasteiger partial charge in [0.05, 0.1) is 12.1 Å². The summed E-state index contributed by atoms with van der Waals surface area (Å²) < 4.78 is 11.0. The van der Waals surface area contributed by atoms with Gasteiger partial charge in [-0.2, -0.15) is 4.98 Å². The van der Waals surface area contributed by atoms with Gasteiger partial charge >= 0.3 is 0 Å². The molecule has 2 aliphatic rings. The van der Waals surface area contributed by atoms with E-state index in [0.29, 0.717) is 18.3 Å². The molecule has 1 atom stereocenters. The fraction of sp³-hybridized carbons (Fsp3) is 0.579. The van der Waals surface area contributed by atoms with Crippen molar-refractivity contribution in [2.45, 2.75) is 51.2 Å². The van der Waals surface area contributed by atoms with Crippen LogP contribution in [-0.4, -0.2) is 23.4 Å². The molecule has 3 N–H and O–H groups in total. The van der Waals surface area contributed by atoms with Gasteiger partial charge in [-0.05, 0) is 49.7 Å². The molecule has 1 aliphatic carbocycles. The van der Waals surface area contributed by atoms with Crippen molar-refractivity contribution in [3.63, 3.8) is 0 Å². The van der Waals surface area contributed by atoms with Crippen LogP contribution in [0.2, 0.25) is 0 Å². The van der Waals surface area contributed by atoms with E-state index in [1.807, 2.05) is 13.8 Å².